The average Bonchev–Trinajstić information content (AvgIpc) is 2.70. The van der Waals surface area contributed by atoms with E-state index in [9.17, 15) is 4.39 Å². The quantitative estimate of drug-likeness (QED) is 0.823. The molecule has 0 aliphatic carbocycles. The first-order valence-electron chi connectivity index (χ1n) is 5.96. The molecule has 2 heterocycles. The zero-order valence-electron chi connectivity index (χ0n) is 11.4. The van der Waals surface area contributed by atoms with Gasteiger partial charge in [-0.2, -0.15) is 5.10 Å². The van der Waals surface area contributed by atoms with Crippen LogP contribution in [0.25, 0.3) is 6.08 Å². The Balaban J connectivity index is 2.20. The van der Waals surface area contributed by atoms with Gasteiger partial charge in [0.25, 0.3) is 0 Å². The molecule has 0 atom stereocenters. The van der Waals surface area contributed by atoms with Gasteiger partial charge in [-0.15, -0.1) is 0 Å². The minimum Gasteiger partial charge on any atom is -0.398 e. The minimum atomic E-state index is -0.954. The first-order valence-corrected chi connectivity index (χ1v) is 5.96. The van der Waals surface area contributed by atoms with Gasteiger partial charge in [-0.05, 0) is 40.7 Å². The van der Waals surface area contributed by atoms with E-state index in [0.717, 1.165) is 5.69 Å². The summed E-state index contributed by atoms with van der Waals surface area (Å²) < 4.78 is 25.3. The van der Waals surface area contributed by atoms with E-state index < -0.39 is 24.0 Å². The molecule has 0 unspecified atom stereocenters. The summed E-state index contributed by atoms with van der Waals surface area (Å²) in [4.78, 5) is 0. The topological polar surface area (TPSA) is 47.1 Å². The van der Waals surface area contributed by atoms with Crippen molar-refractivity contribution in [3.8, 4) is 0 Å². The lowest BCUT2D eigenvalue weighted by molar-refractivity contribution is 0.00578. The highest BCUT2D eigenvalue weighted by Gasteiger charge is 2.53. The van der Waals surface area contributed by atoms with Crippen molar-refractivity contribution in [3.05, 3.63) is 23.2 Å². The summed E-state index contributed by atoms with van der Waals surface area (Å²) in [5.41, 5.74) is -0.00946. The van der Waals surface area contributed by atoms with Gasteiger partial charge < -0.3 is 9.31 Å². The molecule has 1 saturated heterocycles. The molecule has 0 bridgehead atoms. The summed E-state index contributed by atoms with van der Waals surface area (Å²) in [6.07, 6.45) is 2.96. The Labute approximate surface area is 107 Å². The van der Waals surface area contributed by atoms with Gasteiger partial charge in [-0.3, -0.25) is 5.10 Å². The van der Waals surface area contributed by atoms with Crippen LogP contribution in [0.2, 0.25) is 0 Å². The Hall–Kier alpha value is -1.14. The standard InChI is InChI=1S/C12H18BFN2O2/c1-8-9(7-15-16-8)6-10(14)13-17-11(2,3)12(4,5)18-13/h6-7H,1-5H3,(H,15,16). The normalized spacial score (nSPS) is 22.6. The SMILES string of the molecule is Cc1[nH]ncc1C=C(F)B1OC(C)(C)C(C)(C)O1. The molecule has 0 saturated carbocycles. The van der Waals surface area contributed by atoms with Gasteiger partial charge in [0.2, 0.25) is 0 Å². The van der Waals surface area contributed by atoms with Crippen LogP contribution < -0.4 is 0 Å². The van der Waals surface area contributed by atoms with Crippen molar-refractivity contribution in [1.29, 1.82) is 0 Å². The molecule has 1 N–H and O–H groups in total. The van der Waals surface area contributed by atoms with Crippen molar-refractivity contribution in [1.82, 2.24) is 10.2 Å². The average molecular weight is 252 g/mol. The second-order valence-corrected chi connectivity index (χ2v) is 5.57. The van der Waals surface area contributed by atoms with Crippen molar-refractivity contribution in [2.75, 3.05) is 0 Å². The molecule has 1 aliphatic heterocycles. The van der Waals surface area contributed by atoms with E-state index in [1.54, 1.807) is 6.20 Å². The van der Waals surface area contributed by atoms with Crippen LogP contribution in [0.5, 0.6) is 0 Å². The third-order valence-electron chi connectivity index (χ3n) is 3.64. The van der Waals surface area contributed by atoms with Gasteiger partial charge in [-0.1, -0.05) is 0 Å². The maximum absolute atomic E-state index is 14.1. The van der Waals surface area contributed by atoms with Gasteiger partial charge in [0.1, 0.15) is 5.73 Å². The van der Waals surface area contributed by atoms with E-state index in [1.165, 1.54) is 6.08 Å². The van der Waals surface area contributed by atoms with Crippen molar-refractivity contribution in [3.63, 3.8) is 0 Å². The lowest BCUT2D eigenvalue weighted by Crippen LogP contribution is -2.41. The van der Waals surface area contributed by atoms with Gasteiger partial charge in [0.05, 0.1) is 17.4 Å². The monoisotopic (exact) mass is 252 g/mol. The lowest BCUT2D eigenvalue weighted by Gasteiger charge is -2.32. The molecular formula is C12H18BFN2O2. The van der Waals surface area contributed by atoms with E-state index >= 15 is 0 Å². The number of hydrogen-bond donors (Lipinski definition) is 1. The number of aromatic nitrogens is 2. The van der Waals surface area contributed by atoms with Crippen LogP contribution in [0.1, 0.15) is 39.0 Å². The molecule has 0 spiro atoms. The highest BCUT2D eigenvalue weighted by Crippen LogP contribution is 2.39. The fourth-order valence-electron chi connectivity index (χ4n) is 1.68. The predicted molar refractivity (Wildman–Crippen MR) is 68.5 cm³/mol. The first kappa shape index (κ1) is 13.3. The maximum atomic E-state index is 14.1. The largest absolute Gasteiger partial charge is 0.525 e. The fraction of sp³-hybridized carbons (Fsp3) is 0.583. The van der Waals surface area contributed by atoms with E-state index in [4.69, 9.17) is 9.31 Å². The van der Waals surface area contributed by atoms with Gasteiger partial charge >= 0.3 is 7.12 Å². The number of aromatic amines is 1. The summed E-state index contributed by atoms with van der Waals surface area (Å²) in [5, 5.41) is 6.59. The summed E-state index contributed by atoms with van der Waals surface area (Å²) in [7, 11) is -0.954. The van der Waals surface area contributed by atoms with E-state index in [1.807, 2.05) is 34.6 Å². The van der Waals surface area contributed by atoms with Crippen LogP contribution in [0.4, 0.5) is 4.39 Å². The van der Waals surface area contributed by atoms with Gasteiger partial charge in [-0.25, -0.2) is 4.39 Å². The molecule has 1 aromatic heterocycles. The molecule has 0 amide bonds. The Kier molecular flexibility index (Phi) is 3.11. The number of nitrogens with zero attached hydrogens (tertiary/aromatic N) is 1. The molecule has 2 rings (SSSR count). The van der Waals surface area contributed by atoms with Crippen molar-refractivity contribution < 1.29 is 13.7 Å². The van der Waals surface area contributed by atoms with E-state index in [2.05, 4.69) is 10.2 Å². The molecule has 4 nitrogen and oxygen atoms in total. The molecule has 1 aliphatic rings. The number of rotatable bonds is 2. The second-order valence-electron chi connectivity index (χ2n) is 5.57. The first-order chi connectivity index (χ1) is 8.23. The number of aryl methyl sites for hydroxylation is 1. The smallest absolute Gasteiger partial charge is 0.398 e. The van der Waals surface area contributed by atoms with Crippen molar-refractivity contribution in [2.24, 2.45) is 0 Å². The molecule has 0 aromatic carbocycles. The molecule has 98 valence electrons. The van der Waals surface area contributed by atoms with Crippen molar-refractivity contribution >= 4 is 13.2 Å². The highest BCUT2D eigenvalue weighted by atomic mass is 19.1. The molecule has 1 aromatic rings. The van der Waals surface area contributed by atoms with E-state index in [-0.39, 0.29) is 0 Å². The highest BCUT2D eigenvalue weighted by molar-refractivity contribution is 6.54. The molecule has 18 heavy (non-hydrogen) atoms. The van der Waals surface area contributed by atoms with Crippen molar-refractivity contribution in [2.45, 2.75) is 45.8 Å². The molecule has 0 radical (unpaired) electrons. The lowest BCUT2D eigenvalue weighted by atomic mass is 9.87. The molecule has 1 fully saturated rings. The van der Waals surface area contributed by atoms with Crippen LogP contribution in [0.15, 0.2) is 11.9 Å². The van der Waals surface area contributed by atoms with Crippen LogP contribution in [-0.4, -0.2) is 28.5 Å². The summed E-state index contributed by atoms with van der Waals surface area (Å²) in [6.45, 7) is 9.40. The van der Waals surface area contributed by atoms with Gasteiger partial charge in [0, 0.05) is 11.3 Å². The van der Waals surface area contributed by atoms with Crippen LogP contribution >= 0.6 is 0 Å². The fourth-order valence-corrected chi connectivity index (χ4v) is 1.68. The Morgan fingerprint density at radius 1 is 1.33 bits per heavy atom. The van der Waals surface area contributed by atoms with Crippen LogP contribution in [0.3, 0.4) is 0 Å². The number of halogens is 1. The Morgan fingerprint density at radius 2 is 1.89 bits per heavy atom. The minimum absolute atomic E-state index is 0.446. The summed E-state index contributed by atoms with van der Waals surface area (Å²) in [5.74, 6) is 0. The number of nitrogens with one attached hydrogen (secondary N) is 1. The number of H-pyrrole nitrogens is 1. The maximum Gasteiger partial charge on any atom is 0.525 e. The zero-order chi connectivity index (χ0) is 13.6. The number of hydrogen-bond acceptors (Lipinski definition) is 3. The van der Waals surface area contributed by atoms with E-state index in [0.29, 0.717) is 5.56 Å². The van der Waals surface area contributed by atoms with Crippen LogP contribution in [-0.2, 0) is 9.31 Å². The zero-order valence-corrected chi connectivity index (χ0v) is 11.4. The second kappa shape index (κ2) is 4.21. The Bertz CT molecular complexity index is 466. The summed E-state index contributed by atoms with van der Waals surface area (Å²) >= 11 is 0. The predicted octanol–water partition coefficient (Wildman–Crippen LogP) is 2.66. The van der Waals surface area contributed by atoms with Crippen LogP contribution in [0, 0.1) is 6.92 Å². The summed E-state index contributed by atoms with van der Waals surface area (Å²) in [6, 6.07) is 0. The Morgan fingerprint density at radius 3 is 2.33 bits per heavy atom. The molecule has 6 heteroatoms. The third-order valence-corrected chi connectivity index (χ3v) is 3.64. The molecular weight excluding hydrogens is 234 g/mol. The van der Waals surface area contributed by atoms with Gasteiger partial charge in [0.15, 0.2) is 0 Å². The third kappa shape index (κ3) is 2.22.